The van der Waals surface area contributed by atoms with Gasteiger partial charge in [-0.2, -0.15) is 11.8 Å². The molecule has 0 spiro atoms. The molecule has 2 fully saturated rings. The summed E-state index contributed by atoms with van der Waals surface area (Å²) in [6, 6.07) is -5.28. The number of thioether (sulfide) groups is 2. The Bertz CT molecular complexity index is 3810. The van der Waals surface area contributed by atoms with Gasteiger partial charge in [0.05, 0.1) is 43.7 Å². The zero-order valence-electron chi connectivity index (χ0n) is 61.5. The fraction of sp³-hybridized carbons (Fsp3) is 0.559. The minimum Gasteiger partial charge on any atom is -0.508 e. The van der Waals surface area contributed by atoms with E-state index in [-0.39, 0.29) is 61.6 Å². The fourth-order valence-corrected chi connectivity index (χ4v) is 13.0. The van der Waals surface area contributed by atoms with Crippen LogP contribution in [0.25, 0.3) is 0 Å². The van der Waals surface area contributed by atoms with Crippen molar-refractivity contribution in [2.45, 2.75) is 201 Å². The van der Waals surface area contributed by atoms with Crippen molar-refractivity contribution in [1.29, 1.82) is 0 Å². The van der Waals surface area contributed by atoms with Gasteiger partial charge >= 0.3 is 11.9 Å². The van der Waals surface area contributed by atoms with Crippen LogP contribution in [0.3, 0.4) is 0 Å². The van der Waals surface area contributed by atoms with E-state index in [1.165, 1.54) is 31.2 Å². The van der Waals surface area contributed by atoms with Crippen LogP contribution in [0.1, 0.15) is 102 Å². The smallest absolute Gasteiger partial charge is 0.325 e. The number of carbonyl (C=O) groups is 16. The number of ether oxygens (including phenoxy) is 1. The predicted molar refractivity (Wildman–Crippen MR) is 393 cm³/mol. The number of nitrogens with one attached hydrogen (secondary N) is 10. The summed E-state index contributed by atoms with van der Waals surface area (Å²) in [5.74, 6) is -17.0. The Kier molecular flexibility index (Phi) is 37.1. The molecule has 17 atom stereocenters. The number of benzene rings is 2. The average molecular weight is 1620 g/mol. The number of aliphatic hydroxyl groups excluding tert-OH is 5. The maximum atomic E-state index is 14.6. The summed E-state index contributed by atoms with van der Waals surface area (Å²) < 4.78 is 6.68. The lowest BCUT2D eigenvalue weighted by Gasteiger charge is -2.42. The number of phenolic OH excluding ortho intramolecular Hbond substituents is 1. The first-order chi connectivity index (χ1) is 52.9. The molecule has 0 unspecified atom stereocenters. The van der Waals surface area contributed by atoms with Gasteiger partial charge in [0, 0.05) is 51.3 Å². The molecular weight excluding hydrogens is 1520 g/mol. The van der Waals surface area contributed by atoms with Crippen molar-refractivity contribution in [2.24, 2.45) is 17.2 Å². The Labute approximate surface area is 649 Å². The highest BCUT2D eigenvalue weighted by molar-refractivity contribution is 8.13. The molecule has 0 saturated carbocycles. The highest BCUT2D eigenvalue weighted by atomic mass is 32.2. The number of likely N-dealkylation sites (tertiary alicyclic amines) is 1. The van der Waals surface area contributed by atoms with Crippen molar-refractivity contribution in [3.05, 3.63) is 77.6 Å². The Morgan fingerprint density at radius 1 is 0.634 bits per heavy atom. The molecule has 24 N–H and O–H groups in total. The zero-order valence-corrected chi connectivity index (χ0v) is 63.1. The molecule has 0 radical (unpaired) electrons. The van der Waals surface area contributed by atoms with E-state index >= 15 is 0 Å². The number of aliphatic hydroxyl groups is 5. The number of aromatic hydroxyl groups is 1. The molecule has 1 aromatic heterocycles. The van der Waals surface area contributed by atoms with Crippen molar-refractivity contribution in [3.8, 4) is 5.75 Å². The standard InChI is InChI=1S/C68H97N17O25S2/c1-32(67(107)108)72-51(93)21-24-112-68(109)46(30-86)80-61(102)43(27-37-29-85(83-82-37)66-54(73-34(3)89)56(97)55(96)48(31-87)110-66)77-58(99)41(17-19-52(94)95)74-59(100)42(20-23-111-4)76-64(105)53(33(2)88)81-60(101)40(16-18-49(70)91)75-62(103)44(28-50(71)92)78-63(104)47-11-8-22-84(47)65(106)45(26-36-12-14-38(90)15-13-36)79-57(98)39(69)25-35-9-6-5-7-10-35/h5-7,9-10,12-15,29,32-33,39-48,53-56,66,86-88,90,96-97H,8,11,16-28,30-31,69H2,1-4H3,(H2,70,91)(H2,71,92)(H,72,93)(H,73,89)(H,74,100)(H,75,103)(H,76,105)(H,77,99)(H,78,104)(H,79,98)(H,80,102)(H,81,101)(H,94,95)(H,107,108)/t32-,33+,39-,40-,41-,42-,43-,44-,45-,46-,47-,48+,53-,54+,55-,56+,66+/m0/s1. The van der Waals surface area contributed by atoms with Gasteiger partial charge in [-0.05, 0) is 87.6 Å². The second-order valence-electron chi connectivity index (χ2n) is 26.5. The number of aliphatic carboxylic acids is 2. The molecule has 44 heteroatoms. The van der Waals surface area contributed by atoms with Gasteiger partial charge in [-0.3, -0.25) is 76.7 Å². The van der Waals surface area contributed by atoms with Crippen molar-refractivity contribution >= 4 is 117 Å². The summed E-state index contributed by atoms with van der Waals surface area (Å²) in [6.07, 6.45) is -10.7. The number of aromatic nitrogens is 3. The summed E-state index contributed by atoms with van der Waals surface area (Å²) in [4.78, 5) is 216. The lowest BCUT2D eigenvalue weighted by Crippen LogP contribution is -2.62. The van der Waals surface area contributed by atoms with Crippen molar-refractivity contribution in [2.75, 3.05) is 37.5 Å². The van der Waals surface area contributed by atoms with Gasteiger partial charge in [0.25, 0.3) is 0 Å². The monoisotopic (exact) mass is 1620 g/mol. The molecule has 42 nitrogen and oxygen atoms in total. The lowest BCUT2D eigenvalue weighted by atomic mass is 9.96. The topological polar surface area (TPSA) is 677 Å². The number of carboxylic acid groups (broad SMARTS) is 2. The number of amides is 13. The van der Waals surface area contributed by atoms with Crippen LogP contribution in [0, 0.1) is 0 Å². The first-order valence-electron chi connectivity index (χ1n) is 35.3. The third-order valence-corrected chi connectivity index (χ3v) is 19.3. The fourth-order valence-electron chi connectivity index (χ4n) is 11.7. The van der Waals surface area contributed by atoms with Crippen LogP contribution in [-0.4, -0.2) is 289 Å². The van der Waals surface area contributed by atoms with Gasteiger partial charge < -0.3 is 121 Å². The Balaban J connectivity index is 1.38. The number of carboxylic acids is 2. The van der Waals surface area contributed by atoms with Crippen molar-refractivity contribution < 1.29 is 122 Å². The molecule has 2 saturated heterocycles. The lowest BCUT2D eigenvalue weighted by molar-refractivity contribution is -0.219. The minimum absolute atomic E-state index is 0.00342. The van der Waals surface area contributed by atoms with Crippen LogP contribution in [0.5, 0.6) is 5.75 Å². The van der Waals surface area contributed by atoms with Gasteiger partial charge in [0.1, 0.15) is 90.5 Å². The van der Waals surface area contributed by atoms with Gasteiger partial charge in [-0.25, -0.2) is 4.68 Å². The normalized spacial score (nSPS) is 19.6. The Hall–Kier alpha value is -10.5. The number of nitrogens with two attached hydrogens (primary N) is 3. The second-order valence-corrected chi connectivity index (χ2v) is 28.6. The molecular formula is C68H97N17O25S2. The van der Waals surface area contributed by atoms with Crippen LogP contribution in [0.4, 0.5) is 0 Å². The molecule has 5 rings (SSSR count). The summed E-state index contributed by atoms with van der Waals surface area (Å²) in [6.45, 7) is 1.32. The van der Waals surface area contributed by atoms with E-state index in [4.69, 9.17) is 27.0 Å². The molecule has 616 valence electrons. The number of carbonyl (C=O) groups excluding carboxylic acids is 14. The Morgan fingerprint density at radius 3 is 1.79 bits per heavy atom. The number of phenols is 1. The number of hydrogen-bond donors (Lipinski definition) is 21. The minimum atomic E-state index is -2.06. The maximum Gasteiger partial charge on any atom is 0.325 e. The van der Waals surface area contributed by atoms with Gasteiger partial charge in [-0.15, -0.1) is 5.10 Å². The quantitative estimate of drug-likeness (QED) is 0.0250. The van der Waals surface area contributed by atoms with E-state index in [0.29, 0.717) is 17.3 Å². The van der Waals surface area contributed by atoms with Crippen LogP contribution < -0.4 is 70.4 Å². The van der Waals surface area contributed by atoms with Gasteiger partial charge in [0.2, 0.25) is 81.9 Å². The van der Waals surface area contributed by atoms with Gasteiger partial charge in [0.15, 0.2) is 6.23 Å². The predicted octanol–water partition coefficient (Wildman–Crippen LogP) is -8.30. The van der Waals surface area contributed by atoms with E-state index in [0.717, 1.165) is 47.0 Å². The summed E-state index contributed by atoms with van der Waals surface area (Å²) in [5.41, 5.74) is 18.3. The summed E-state index contributed by atoms with van der Waals surface area (Å²) >= 11 is 1.59. The van der Waals surface area contributed by atoms with Crippen LogP contribution in [0.2, 0.25) is 0 Å². The maximum absolute atomic E-state index is 14.6. The van der Waals surface area contributed by atoms with Crippen LogP contribution in [-0.2, 0) is 101 Å². The molecule has 112 heavy (non-hydrogen) atoms. The SMILES string of the molecule is CSCC[C@H](NC(=O)[C@@H](NC(=O)[C@H](CCC(N)=O)NC(=O)[C@H](CC(N)=O)NC(=O)[C@@H]1CCCN1C(=O)[C@H](Cc1ccc(O)cc1)NC(=O)[C@@H](N)Cc1ccccc1)[C@@H](C)O)C(=O)N[C@@H](CCC(=O)O)C(=O)N[C@@H](Cc1cn([C@@H]2O[C@H](CO)[C@H](O)[C@H](O)[C@H]2NC(C)=O)nn1)C(=O)N[C@@H](CO)C(=O)SCCC(=O)N[C@@H](C)C(=O)O. The van der Waals surface area contributed by atoms with Crippen LogP contribution in [0.15, 0.2) is 60.8 Å². The molecule has 2 aliphatic heterocycles. The summed E-state index contributed by atoms with van der Waals surface area (Å²) in [7, 11) is 0. The van der Waals surface area contributed by atoms with Crippen molar-refractivity contribution in [3.63, 3.8) is 0 Å². The third-order valence-electron chi connectivity index (χ3n) is 17.6. The number of nitrogens with zero attached hydrogens (tertiary/aromatic N) is 4. The van der Waals surface area contributed by atoms with Crippen LogP contribution >= 0.6 is 23.5 Å². The first kappa shape index (κ1) is 92.1. The Morgan fingerprint density at radius 2 is 1.21 bits per heavy atom. The van der Waals surface area contributed by atoms with E-state index in [1.807, 2.05) is 0 Å². The number of primary amides is 2. The largest absolute Gasteiger partial charge is 0.508 e. The van der Waals surface area contributed by atoms with E-state index in [2.05, 4.69) is 63.5 Å². The number of hydrogen-bond acceptors (Lipinski definition) is 28. The van der Waals surface area contributed by atoms with Crippen molar-refractivity contribution in [1.82, 2.24) is 73.1 Å². The van der Waals surface area contributed by atoms with E-state index in [1.54, 1.807) is 36.6 Å². The zero-order chi connectivity index (χ0) is 83.2. The molecule has 3 heterocycles. The molecule has 3 aromatic rings. The highest BCUT2D eigenvalue weighted by Gasteiger charge is 2.47. The first-order valence-corrected chi connectivity index (χ1v) is 37.7. The highest BCUT2D eigenvalue weighted by Crippen LogP contribution is 2.29. The van der Waals surface area contributed by atoms with Gasteiger partial charge in [-0.1, -0.05) is 59.4 Å². The molecule has 0 bridgehead atoms. The summed E-state index contributed by atoms with van der Waals surface area (Å²) in [5, 5.41) is 112. The average Bonchev–Trinajstić information content (AvgIpc) is 1.46. The third kappa shape index (κ3) is 29.0. The molecule has 2 aromatic carbocycles. The molecule has 0 aliphatic carbocycles. The molecule has 13 amide bonds. The number of rotatable bonds is 45. The van der Waals surface area contributed by atoms with E-state index in [9.17, 15) is 112 Å². The second kappa shape index (κ2) is 45.1. The molecule has 2 aliphatic rings. The van der Waals surface area contributed by atoms with E-state index < -0.39 is 255 Å².